The van der Waals surface area contributed by atoms with Gasteiger partial charge in [-0.05, 0) is 11.6 Å². The Morgan fingerprint density at radius 2 is 1.92 bits per heavy atom. The molecule has 1 aromatic rings. The molecule has 0 saturated carbocycles. The molecule has 0 aromatic heterocycles. The van der Waals surface area contributed by atoms with Crippen LogP contribution >= 0.6 is 7.60 Å². The van der Waals surface area contributed by atoms with E-state index in [-0.39, 0.29) is 11.8 Å². The Morgan fingerprint density at radius 3 is 2.33 bits per heavy atom. The minimum Gasteiger partial charge on any atom is -0.326 e. The van der Waals surface area contributed by atoms with Crippen molar-refractivity contribution in [2.45, 2.75) is 6.54 Å². The smallest absolute Gasteiger partial charge is 0.326 e. The molecule has 0 unspecified atom stereocenters. The van der Waals surface area contributed by atoms with Crippen LogP contribution in [0.25, 0.3) is 0 Å². The van der Waals surface area contributed by atoms with Crippen LogP contribution < -0.4 is 11.0 Å². The lowest BCUT2D eigenvalue weighted by Gasteiger charge is -2.07. The van der Waals surface area contributed by atoms with E-state index in [1.165, 1.54) is 6.07 Å². The summed E-state index contributed by atoms with van der Waals surface area (Å²) in [6, 6.07) is 6.27. The van der Waals surface area contributed by atoms with Crippen LogP contribution in [0, 0.1) is 0 Å². The summed E-state index contributed by atoms with van der Waals surface area (Å²) >= 11 is 0. The normalized spacial score (nSPS) is 11.6. The Morgan fingerprint density at radius 1 is 1.33 bits per heavy atom. The predicted octanol–water partition coefficient (Wildman–Crippen LogP) is -0.0517. The summed E-state index contributed by atoms with van der Waals surface area (Å²) in [6.07, 6.45) is 0. The van der Waals surface area contributed by atoms with Gasteiger partial charge in [-0.25, -0.2) is 0 Å². The van der Waals surface area contributed by atoms with Crippen molar-refractivity contribution >= 4 is 12.9 Å². The first-order chi connectivity index (χ1) is 5.55. The fourth-order valence-electron chi connectivity index (χ4n) is 0.968. The van der Waals surface area contributed by atoms with Crippen LogP contribution in [-0.2, 0) is 11.1 Å². The monoisotopic (exact) mass is 187 g/mol. The molecule has 0 aliphatic rings. The zero-order valence-electron chi connectivity index (χ0n) is 6.34. The maximum absolute atomic E-state index is 10.9. The zero-order chi connectivity index (χ0) is 9.19. The van der Waals surface area contributed by atoms with Gasteiger partial charge in [0.25, 0.3) is 0 Å². The third kappa shape index (κ3) is 1.93. The highest BCUT2D eigenvalue weighted by atomic mass is 31.2. The highest BCUT2D eigenvalue weighted by Gasteiger charge is 2.19. The van der Waals surface area contributed by atoms with Gasteiger partial charge in [0, 0.05) is 6.54 Å². The molecule has 4 N–H and O–H groups in total. The Balaban J connectivity index is 3.23. The molecule has 0 amide bonds. The van der Waals surface area contributed by atoms with Crippen LogP contribution in [-0.4, -0.2) is 9.79 Å². The van der Waals surface area contributed by atoms with Gasteiger partial charge in [-0.15, -0.1) is 0 Å². The maximum Gasteiger partial charge on any atom is 0.356 e. The van der Waals surface area contributed by atoms with Gasteiger partial charge >= 0.3 is 7.60 Å². The standard InChI is InChI=1S/C7H10NO3P/c8-5-6-3-1-2-4-7(6)12(9,10)11/h1-4H,5,8H2,(H2,9,10,11). The number of nitrogens with two attached hydrogens (primary N) is 1. The van der Waals surface area contributed by atoms with E-state index in [1.807, 2.05) is 0 Å². The maximum atomic E-state index is 10.9. The van der Waals surface area contributed by atoms with E-state index in [2.05, 4.69) is 0 Å². The Hall–Kier alpha value is -0.670. The number of rotatable bonds is 2. The summed E-state index contributed by atoms with van der Waals surface area (Å²) in [7, 11) is -4.15. The predicted molar refractivity (Wildman–Crippen MR) is 46.0 cm³/mol. The Kier molecular flexibility index (Phi) is 2.65. The van der Waals surface area contributed by atoms with Crippen molar-refractivity contribution in [2.75, 3.05) is 0 Å². The van der Waals surface area contributed by atoms with Crippen LogP contribution in [0.4, 0.5) is 0 Å². The lowest BCUT2D eigenvalue weighted by molar-refractivity contribution is 0.387. The van der Waals surface area contributed by atoms with Crippen LogP contribution in [0.15, 0.2) is 24.3 Å². The quantitative estimate of drug-likeness (QED) is 0.567. The van der Waals surface area contributed by atoms with E-state index < -0.39 is 7.60 Å². The first kappa shape index (κ1) is 9.42. The highest BCUT2D eigenvalue weighted by molar-refractivity contribution is 7.60. The van der Waals surface area contributed by atoms with Gasteiger partial charge in [-0.2, -0.15) is 0 Å². The van der Waals surface area contributed by atoms with Gasteiger partial charge in [-0.1, -0.05) is 18.2 Å². The lowest BCUT2D eigenvalue weighted by atomic mass is 10.2. The summed E-state index contributed by atoms with van der Waals surface area (Å²) in [5.41, 5.74) is 5.80. The minimum atomic E-state index is -4.15. The number of hydrogen-bond donors (Lipinski definition) is 3. The molecule has 12 heavy (non-hydrogen) atoms. The van der Waals surface area contributed by atoms with Crippen molar-refractivity contribution in [3.8, 4) is 0 Å². The fraction of sp³-hybridized carbons (Fsp3) is 0.143. The van der Waals surface area contributed by atoms with Crippen molar-refractivity contribution in [1.29, 1.82) is 0 Å². The molecule has 0 bridgehead atoms. The van der Waals surface area contributed by atoms with Gasteiger partial charge in [0.1, 0.15) is 0 Å². The van der Waals surface area contributed by atoms with E-state index in [9.17, 15) is 4.57 Å². The molecule has 0 radical (unpaired) electrons. The molecule has 0 spiro atoms. The summed E-state index contributed by atoms with van der Waals surface area (Å²) in [4.78, 5) is 17.7. The first-order valence-electron chi connectivity index (χ1n) is 3.40. The third-order valence-electron chi connectivity index (χ3n) is 1.53. The first-order valence-corrected chi connectivity index (χ1v) is 5.01. The van der Waals surface area contributed by atoms with Crippen LogP contribution in [0.3, 0.4) is 0 Å². The summed E-state index contributed by atoms with van der Waals surface area (Å²) in [5, 5.41) is 0.0208. The number of benzene rings is 1. The topological polar surface area (TPSA) is 83.6 Å². The highest BCUT2D eigenvalue weighted by Crippen LogP contribution is 2.34. The molecule has 0 heterocycles. The van der Waals surface area contributed by atoms with Crippen molar-refractivity contribution in [2.24, 2.45) is 5.73 Å². The summed E-state index contributed by atoms with van der Waals surface area (Å²) in [6.45, 7) is 0.140. The SMILES string of the molecule is NCc1ccccc1P(=O)(O)O. The van der Waals surface area contributed by atoms with Crippen molar-refractivity contribution in [3.63, 3.8) is 0 Å². The van der Waals surface area contributed by atoms with Crippen molar-refractivity contribution in [3.05, 3.63) is 29.8 Å². The molecule has 0 fully saturated rings. The molecule has 4 nitrogen and oxygen atoms in total. The second kappa shape index (κ2) is 3.37. The second-order valence-electron chi connectivity index (χ2n) is 2.38. The summed E-state index contributed by atoms with van der Waals surface area (Å²) in [5.74, 6) is 0. The average molecular weight is 187 g/mol. The molecule has 66 valence electrons. The fourth-order valence-corrected chi connectivity index (χ4v) is 1.79. The lowest BCUT2D eigenvalue weighted by Crippen LogP contribution is -2.13. The molecule has 0 atom stereocenters. The number of hydrogen-bond acceptors (Lipinski definition) is 2. The van der Waals surface area contributed by atoms with E-state index >= 15 is 0 Å². The molecule has 1 rings (SSSR count). The van der Waals surface area contributed by atoms with Crippen molar-refractivity contribution < 1.29 is 14.4 Å². The van der Waals surface area contributed by atoms with Gasteiger partial charge < -0.3 is 15.5 Å². The molecular formula is C7H10NO3P. The molecular weight excluding hydrogens is 177 g/mol. The van der Waals surface area contributed by atoms with Crippen LogP contribution in [0.5, 0.6) is 0 Å². The zero-order valence-corrected chi connectivity index (χ0v) is 7.24. The van der Waals surface area contributed by atoms with Gasteiger partial charge in [-0.3, -0.25) is 4.57 Å². The second-order valence-corrected chi connectivity index (χ2v) is 3.95. The van der Waals surface area contributed by atoms with E-state index in [4.69, 9.17) is 15.5 Å². The molecule has 0 aliphatic carbocycles. The largest absolute Gasteiger partial charge is 0.356 e. The summed E-state index contributed by atoms with van der Waals surface area (Å²) < 4.78 is 10.9. The van der Waals surface area contributed by atoms with E-state index in [0.717, 1.165) is 0 Å². The third-order valence-corrected chi connectivity index (χ3v) is 2.59. The van der Waals surface area contributed by atoms with Gasteiger partial charge in [0.05, 0.1) is 5.30 Å². The average Bonchev–Trinajstić information content (AvgIpc) is 2.03. The molecule has 5 heteroatoms. The van der Waals surface area contributed by atoms with Crippen LogP contribution in [0.1, 0.15) is 5.56 Å². The molecule has 0 saturated heterocycles. The van der Waals surface area contributed by atoms with Crippen LogP contribution in [0.2, 0.25) is 0 Å². The molecule has 1 aromatic carbocycles. The van der Waals surface area contributed by atoms with E-state index in [1.54, 1.807) is 18.2 Å². The van der Waals surface area contributed by atoms with Crippen molar-refractivity contribution in [1.82, 2.24) is 0 Å². The van der Waals surface area contributed by atoms with Gasteiger partial charge in [0.2, 0.25) is 0 Å². The Bertz CT molecular complexity index is 320. The minimum absolute atomic E-state index is 0.0208. The van der Waals surface area contributed by atoms with Gasteiger partial charge in [0.15, 0.2) is 0 Å². The van der Waals surface area contributed by atoms with E-state index in [0.29, 0.717) is 5.56 Å². The Labute approximate surface area is 70.2 Å². The molecule has 0 aliphatic heterocycles.